The minimum Gasteiger partial charge on any atom is -1.00 e. The molecule has 1 nitrogen and oxygen atoms in total. The van der Waals surface area contributed by atoms with E-state index in [1.807, 2.05) is 11.8 Å². The van der Waals surface area contributed by atoms with Gasteiger partial charge in [-0.25, -0.2) is 4.58 Å². The maximum atomic E-state index is 3.49. The van der Waals surface area contributed by atoms with Gasteiger partial charge in [-0.2, -0.15) is 0 Å². The van der Waals surface area contributed by atoms with E-state index in [4.69, 9.17) is 0 Å². The number of halogens is 2. The van der Waals surface area contributed by atoms with E-state index >= 15 is 0 Å². The highest BCUT2D eigenvalue weighted by atomic mass is 127. The van der Waals surface area contributed by atoms with Gasteiger partial charge in [-0.3, -0.25) is 0 Å². The van der Waals surface area contributed by atoms with Crippen LogP contribution in [0.5, 0.6) is 0 Å². The molecule has 4 heteroatoms. The molecule has 0 saturated heterocycles. The van der Waals surface area contributed by atoms with Crippen LogP contribution in [0.25, 0.3) is 0 Å². The molecule has 0 spiro atoms. The van der Waals surface area contributed by atoms with Crippen LogP contribution in [0.1, 0.15) is 5.56 Å². The zero-order valence-corrected chi connectivity index (χ0v) is 12.4. The smallest absolute Gasteiger partial charge is 0.242 e. The first-order valence-corrected chi connectivity index (χ1v) is 6.02. The van der Waals surface area contributed by atoms with Crippen LogP contribution in [0, 0.1) is 0 Å². The number of hydrogen-bond acceptors (Lipinski definition) is 1. The van der Waals surface area contributed by atoms with Crippen molar-refractivity contribution in [2.24, 2.45) is 0 Å². The first-order valence-electron chi connectivity index (χ1n) is 4.24. The van der Waals surface area contributed by atoms with Crippen molar-refractivity contribution in [3.63, 3.8) is 0 Å². The second-order valence-corrected chi connectivity index (χ2v) is 5.08. The highest BCUT2D eigenvalue weighted by Crippen LogP contribution is 2.20. The molecular weight excluding hydrogens is 373 g/mol. The van der Waals surface area contributed by atoms with Crippen molar-refractivity contribution in [3.05, 3.63) is 34.3 Å². The summed E-state index contributed by atoms with van der Waals surface area (Å²) in [4.78, 5) is 0. The van der Waals surface area contributed by atoms with E-state index in [-0.39, 0.29) is 24.0 Å². The SMILES string of the molecule is C[N+]1=C(c2cccc(Br)c2)SCC1.[I-]. The van der Waals surface area contributed by atoms with Gasteiger partial charge in [0.15, 0.2) is 6.54 Å². The lowest BCUT2D eigenvalue weighted by Gasteiger charge is -1.97. The van der Waals surface area contributed by atoms with Gasteiger partial charge in [0, 0.05) is 4.47 Å². The Morgan fingerprint density at radius 1 is 1.43 bits per heavy atom. The molecule has 0 radical (unpaired) electrons. The predicted molar refractivity (Wildman–Crippen MR) is 61.8 cm³/mol. The van der Waals surface area contributed by atoms with Crippen LogP contribution in [-0.4, -0.2) is 29.0 Å². The van der Waals surface area contributed by atoms with Gasteiger partial charge in [-0.15, -0.1) is 0 Å². The van der Waals surface area contributed by atoms with Gasteiger partial charge in [0.1, 0.15) is 7.05 Å². The van der Waals surface area contributed by atoms with E-state index in [0.29, 0.717) is 0 Å². The number of rotatable bonds is 1. The molecule has 0 fully saturated rings. The molecule has 0 atom stereocenters. The van der Waals surface area contributed by atoms with Gasteiger partial charge >= 0.3 is 0 Å². The van der Waals surface area contributed by atoms with Crippen molar-refractivity contribution in [1.82, 2.24) is 0 Å². The highest BCUT2D eigenvalue weighted by molar-refractivity contribution is 9.10. The van der Waals surface area contributed by atoms with Gasteiger partial charge in [-0.05, 0) is 18.2 Å². The third kappa shape index (κ3) is 2.73. The third-order valence-corrected chi connectivity index (χ3v) is 3.78. The molecule has 0 amide bonds. The zero-order chi connectivity index (χ0) is 9.26. The van der Waals surface area contributed by atoms with Gasteiger partial charge in [0.2, 0.25) is 5.04 Å². The molecule has 0 unspecified atom stereocenters. The molecule has 0 aliphatic carbocycles. The summed E-state index contributed by atoms with van der Waals surface area (Å²) in [7, 11) is 2.15. The fourth-order valence-corrected chi connectivity index (χ4v) is 2.98. The second-order valence-electron chi connectivity index (χ2n) is 3.09. The summed E-state index contributed by atoms with van der Waals surface area (Å²) >= 11 is 5.42. The maximum Gasteiger partial charge on any atom is 0.242 e. The van der Waals surface area contributed by atoms with Crippen LogP contribution >= 0.6 is 27.7 Å². The summed E-state index contributed by atoms with van der Waals surface area (Å²) in [6.07, 6.45) is 0. The van der Waals surface area contributed by atoms with Crippen molar-refractivity contribution in [3.8, 4) is 0 Å². The normalized spacial score (nSPS) is 15.6. The Morgan fingerprint density at radius 3 is 2.79 bits per heavy atom. The molecule has 1 aliphatic heterocycles. The van der Waals surface area contributed by atoms with Crippen LogP contribution in [0.2, 0.25) is 0 Å². The second kappa shape index (κ2) is 5.51. The molecule has 0 aromatic heterocycles. The minimum atomic E-state index is 0. The molecule has 76 valence electrons. The summed E-state index contributed by atoms with van der Waals surface area (Å²) in [6.45, 7) is 1.16. The van der Waals surface area contributed by atoms with Crippen LogP contribution in [0.3, 0.4) is 0 Å². The first kappa shape index (κ1) is 12.5. The first-order chi connectivity index (χ1) is 6.27. The van der Waals surface area contributed by atoms with Crippen molar-refractivity contribution in [2.45, 2.75) is 0 Å². The third-order valence-electron chi connectivity index (χ3n) is 2.08. The van der Waals surface area contributed by atoms with Crippen LogP contribution in [0.4, 0.5) is 0 Å². The lowest BCUT2D eigenvalue weighted by Crippen LogP contribution is -3.00. The van der Waals surface area contributed by atoms with Crippen LogP contribution < -0.4 is 24.0 Å². The number of thioether (sulfide) groups is 1. The molecule has 1 aliphatic rings. The number of hydrogen-bond donors (Lipinski definition) is 0. The fraction of sp³-hybridized carbons (Fsp3) is 0.300. The quantitative estimate of drug-likeness (QED) is 0.470. The average Bonchev–Trinajstić information content (AvgIpc) is 2.51. The topological polar surface area (TPSA) is 3.01 Å². The average molecular weight is 384 g/mol. The van der Waals surface area contributed by atoms with Gasteiger partial charge < -0.3 is 24.0 Å². The molecule has 1 aromatic rings. The fourth-order valence-electron chi connectivity index (χ4n) is 1.42. The zero-order valence-electron chi connectivity index (χ0n) is 7.84. The lowest BCUT2D eigenvalue weighted by atomic mass is 10.2. The van der Waals surface area contributed by atoms with Crippen LogP contribution in [-0.2, 0) is 0 Å². The Balaban J connectivity index is 0.000000980. The molecule has 14 heavy (non-hydrogen) atoms. The predicted octanol–water partition coefficient (Wildman–Crippen LogP) is -0.411. The van der Waals surface area contributed by atoms with E-state index in [9.17, 15) is 0 Å². The molecule has 1 heterocycles. The minimum absolute atomic E-state index is 0. The van der Waals surface area contributed by atoms with Crippen molar-refractivity contribution in [2.75, 3.05) is 19.3 Å². The summed E-state index contributed by atoms with van der Waals surface area (Å²) < 4.78 is 3.46. The highest BCUT2D eigenvalue weighted by Gasteiger charge is 2.21. The number of nitrogens with zero attached hydrogens (tertiary/aromatic N) is 1. The Morgan fingerprint density at radius 2 is 2.21 bits per heavy atom. The number of benzene rings is 1. The Labute approximate surface area is 114 Å². The van der Waals surface area contributed by atoms with E-state index < -0.39 is 0 Å². The molecule has 1 aromatic carbocycles. The van der Waals surface area contributed by atoms with E-state index in [1.54, 1.807) is 0 Å². The summed E-state index contributed by atoms with van der Waals surface area (Å²) in [6, 6.07) is 8.47. The van der Waals surface area contributed by atoms with Crippen molar-refractivity contribution >= 4 is 32.7 Å². The van der Waals surface area contributed by atoms with Crippen molar-refractivity contribution in [1.29, 1.82) is 0 Å². The molecule has 0 bridgehead atoms. The van der Waals surface area contributed by atoms with Crippen LogP contribution in [0.15, 0.2) is 28.7 Å². The molecule has 0 saturated carbocycles. The molecule has 2 rings (SSSR count). The Bertz CT molecular complexity index is 365. The summed E-state index contributed by atoms with van der Waals surface area (Å²) in [5.41, 5.74) is 1.32. The molecule has 0 N–H and O–H groups in total. The van der Waals surface area contributed by atoms with E-state index in [1.165, 1.54) is 16.4 Å². The molecular formula is C10H11BrINS. The van der Waals surface area contributed by atoms with Crippen molar-refractivity contribution < 1.29 is 28.6 Å². The Kier molecular flexibility index (Phi) is 4.93. The largest absolute Gasteiger partial charge is 1.00 e. The van der Waals surface area contributed by atoms with E-state index in [2.05, 4.69) is 51.8 Å². The Hall–Kier alpha value is 0.450. The summed E-state index contributed by atoms with van der Waals surface area (Å²) in [5.74, 6) is 1.21. The van der Waals surface area contributed by atoms with Gasteiger partial charge in [-0.1, -0.05) is 33.8 Å². The lowest BCUT2D eigenvalue weighted by molar-refractivity contribution is -0.485. The summed E-state index contributed by atoms with van der Waals surface area (Å²) in [5, 5.41) is 1.39. The monoisotopic (exact) mass is 383 g/mol. The maximum absolute atomic E-state index is 3.49. The standard InChI is InChI=1S/C10H11BrNS.HI/c1-12-5-6-13-10(12)8-3-2-4-9(11)7-8;/h2-4,7H,5-6H2,1H3;1H/q+1;/p-1. The van der Waals surface area contributed by atoms with E-state index in [0.717, 1.165) is 11.0 Å². The van der Waals surface area contributed by atoms with Gasteiger partial charge in [0.25, 0.3) is 0 Å². The van der Waals surface area contributed by atoms with Gasteiger partial charge in [0.05, 0.1) is 11.3 Å².